The van der Waals surface area contributed by atoms with Crippen LogP contribution in [0.5, 0.6) is 0 Å². The fourth-order valence-electron chi connectivity index (χ4n) is 5.04. The van der Waals surface area contributed by atoms with E-state index in [1.165, 1.54) is 12.3 Å². The van der Waals surface area contributed by atoms with E-state index >= 15 is 0 Å². The first-order chi connectivity index (χ1) is 19.5. The minimum absolute atomic E-state index is 0.0804. The van der Waals surface area contributed by atoms with E-state index < -0.39 is 67.5 Å². The Morgan fingerprint density at radius 1 is 1.29 bits per heavy atom. The molecular weight excluding hydrogens is 571 g/mol. The number of halogens is 2. The predicted octanol–water partition coefficient (Wildman–Crippen LogP) is 3.11. The number of anilines is 1. The van der Waals surface area contributed by atoms with Crippen LogP contribution in [0.1, 0.15) is 50.7 Å². The smallest absolute Gasteiger partial charge is 0.449 e. The first kappa shape index (κ1) is 29.7. The van der Waals surface area contributed by atoms with Gasteiger partial charge in [0, 0.05) is 25.1 Å². The number of fused-ring (bicyclic) bond motifs is 1. The van der Waals surface area contributed by atoms with Gasteiger partial charge in [0.15, 0.2) is 5.72 Å². The summed E-state index contributed by atoms with van der Waals surface area (Å²) in [7, 11) is -4.26. The van der Waals surface area contributed by atoms with Crippen molar-refractivity contribution in [3.05, 3.63) is 58.1 Å². The van der Waals surface area contributed by atoms with Crippen LogP contribution in [0.3, 0.4) is 0 Å². The van der Waals surface area contributed by atoms with Crippen LogP contribution >= 0.6 is 7.82 Å². The number of hydrogen-bond acceptors (Lipinski definition) is 11. The van der Waals surface area contributed by atoms with Gasteiger partial charge >= 0.3 is 19.6 Å². The minimum Gasteiger partial charge on any atom is -0.449 e. The summed E-state index contributed by atoms with van der Waals surface area (Å²) in [4.78, 5) is 28.5. The van der Waals surface area contributed by atoms with Crippen molar-refractivity contribution in [2.45, 2.75) is 68.7 Å². The zero-order valence-corrected chi connectivity index (χ0v) is 22.9. The monoisotopic (exact) mass is 601 g/mol. The number of unbranched alkanes of at least 4 members (excludes halogenated alkanes) is 2. The quantitative estimate of drug-likeness (QED) is 0.270. The molecule has 6 atom stereocenters. The summed E-state index contributed by atoms with van der Waals surface area (Å²) in [5.74, 6) is -1.74. The zero-order chi connectivity index (χ0) is 29.4. The van der Waals surface area contributed by atoms with Crippen LogP contribution in [0.25, 0.3) is 0 Å². The van der Waals surface area contributed by atoms with Crippen molar-refractivity contribution in [2.75, 3.05) is 25.1 Å². The molecule has 2 aromatic rings. The highest BCUT2D eigenvalue weighted by Crippen LogP contribution is 2.64. The molecule has 16 heteroatoms. The fraction of sp³-hybridized carbons (Fsp3) is 0.560. The molecule has 3 heterocycles. The van der Waals surface area contributed by atoms with E-state index in [-0.39, 0.29) is 37.4 Å². The molecule has 13 nitrogen and oxygen atoms in total. The number of ether oxygens (including phenoxy) is 2. The van der Waals surface area contributed by atoms with Crippen molar-refractivity contribution in [3.8, 4) is 0 Å². The molecule has 1 amide bonds. The van der Waals surface area contributed by atoms with Gasteiger partial charge in [-0.25, -0.2) is 22.9 Å². The normalized spacial score (nSPS) is 32.4. The lowest BCUT2D eigenvalue weighted by molar-refractivity contribution is -0.0925. The first-order valence-corrected chi connectivity index (χ1v) is 14.6. The molecule has 1 saturated carbocycles. The SMILES string of the molecule is CCCCCOC(=O)Nc1ccn([C@]23C[C@@]2(O)[C@H](O)[C@@H](COP2(=O)OCCC(c4cc(F)cc(F)c4)O2)O3)c(=O)n1. The van der Waals surface area contributed by atoms with E-state index in [9.17, 15) is 33.1 Å². The summed E-state index contributed by atoms with van der Waals surface area (Å²) in [6.07, 6.45) is -0.771. The molecule has 0 spiro atoms. The van der Waals surface area contributed by atoms with E-state index in [0.29, 0.717) is 12.5 Å². The maximum Gasteiger partial charge on any atom is 0.475 e. The number of benzene rings is 1. The Hall–Kier alpha value is -2.78. The summed E-state index contributed by atoms with van der Waals surface area (Å²) >= 11 is 0. The molecule has 41 heavy (non-hydrogen) atoms. The molecule has 3 aliphatic rings. The lowest BCUT2D eigenvalue weighted by Crippen LogP contribution is -2.39. The molecule has 1 aliphatic carbocycles. The van der Waals surface area contributed by atoms with Crippen molar-refractivity contribution >= 4 is 19.7 Å². The van der Waals surface area contributed by atoms with E-state index in [1.54, 1.807) is 0 Å². The van der Waals surface area contributed by atoms with Gasteiger partial charge in [0.2, 0.25) is 0 Å². The van der Waals surface area contributed by atoms with Gasteiger partial charge in [-0.2, -0.15) is 4.98 Å². The van der Waals surface area contributed by atoms with Gasteiger partial charge in [-0.3, -0.25) is 23.5 Å². The number of phosphoric ester groups is 1. The van der Waals surface area contributed by atoms with Crippen LogP contribution in [0.15, 0.2) is 35.3 Å². The number of hydrogen-bond donors (Lipinski definition) is 3. The Kier molecular flexibility index (Phi) is 8.32. The van der Waals surface area contributed by atoms with Gasteiger partial charge in [-0.15, -0.1) is 0 Å². The largest absolute Gasteiger partial charge is 0.475 e. The predicted molar refractivity (Wildman–Crippen MR) is 136 cm³/mol. The lowest BCUT2D eigenvalue weighted by atomic mass is 10.1. The summed E-state index contributed by atoms with van der Waals surface area (Å²) < 4.78 is 68.1. The number of nitrogens with one attached hydrogen (secondary N) is 1. The lowest BCUT2D eigenvalue weighted by Gasteiger charge is -2.30. The van der Waals surface area contributed by atoms with Crippen LogP contribution in [0.2, 0.25) is 0 Å². The molecule has 2 unspecified atom stereocenters. The maximum atomic E-state index is 13.7. The van der Waals surface area contributed by atoms with Crippen LogP contribution in [0.4, 0.5) is 19.4 Å². The number of aliphatic hydroxyl groups is 2. The van der Waals surface area contributed by atoms with Crippen molar-refractivity contribution in [1.29, 1.82) is 0 Å². The standard InChI is InChI=1S/C25H30F2N3O10P/c1-2-3-4-8-36-23(33)29-20-5-7-30(22(32)28-20)25-14-24(25,34)21(31)19(39-25)13-38-41(35)37-9-6-18(40-41)15-10-16(26)12-17(27)11-15/h5,7,10-12,18-19,21,31,34H,2-4,6,8-9,13-14H2,1H3,(H,28,29,32,33)/t18?,19-,21-,24-,25+,41?/m1/s1. The third-order valence-electron chi connectivity index (χ3n) is 7.19. The molecule has 0 bridgehead atoms. The van der Waals surface area contributed by atoms with E-state index in [0.717, 1.165) is 29.5 Å². The molecular formula is C25H30F2N3O10P. The summed E-state index contributed by atoms with van der Waals surface area (Å²) in [6.45, 7) is 1.56. The van der Waals surface area contributed by atoms with Gasteiger partial charge in [-0.1, -0.05) is 19.8 Å². The number of carbonyl (C=O) groups excluding carboxylic acids is 1. The molecule has 2 saturated heterocycles. The number of carbonyl (C=O) groups is 1. The summed E-state index contributed by atoms with van der Waals surface area (Å²) in [5, 5.41) is 24.1. The van der Waals surface area contributed by atoms with Gasteiger partial charge in [0.25, 0.3) is 0 Å². The van der Waals surface area contributed by atoms with Crippen molar-refractivity contribution in [3.63, 3.8) is 0 Å². The summed E-state index contributed by atoms with van der Waals surface area (Å²) in [6, 6.07) is 4.09. The van der Waals surface area contributed by atoms with Crippen LogP contribution in [0, 0.1) is 11.6 Å². The van der Waals surface area contributed by atoms with Gasteiger partial charge in [0.1, 0.15) is 35.3 Å². The van der Waals surface area contributed by atoms with Gasteiger partial charge in [-0.05, 0) is 30.2 Å². The van der Waals surface area contributed by atoms with E-state index in [4.69, 9.17) is 23.0 Å². The number of aliphatic hydroxyl groups excluding tert-OH is 1. The van der Waals surface area contributed by atoms with Gasteiger partial charge in [0.05, 0.1) is 25.9 Å². The van der Waals surface area contributed by atoms with E-state index in [2.05, 4.69) is 10.3 Å². The molecule has 5 rings (SSSR count). The third-order valence-corrected chi connectivity index (χ3v) is 8.67. The van der Waals surface area contributed by atoms with Crippen LogP contribution in [-0.2, 0) is 33.3 Å². The molecule has 2 aliphatic heterocycles. The highest BCUT2D eigenvalue weighted by molar-refractivity contribution is 7.48. The fourth-order valence-corrected chi connectivity index (χ4v) is 6.43. The maximum absolute atomic E-state index is 13.7. The van der Waals surface area contributed by atoms with Crippen LogP contribution < -0.4 is 11.0 Å². The van der Waals surface area contributed by atoms with Crippen molar-refractivity contribution in [2.24, 2.45) is 0 Å². The number of aromatic nitrogens is 2. The number of rotatable bonds is 10. The topological polar surface area (TPSA) is 168 Å². The second-order valence-electron chi connectivity index (χ2n) is 10.1. The Labute approximate surface area is 233 Å². The number of amides is 1. The van der Waals surface area contributed by atoms with Crippen molar-refractivity contribution in [1.82, 2.24) is 9.55 Å². The minimum atomic E-state index is -4.26. The Morgan fingerprint density at radius 2 is 2.05 bits per heavy atom. The molecule has 1 aromatic carbocycles. The Balaban J connectivity index is 1.22. The highest BCUT2D eigenvalue weighted by atomic mass is 31.2. The number of nitrogens with zero attached hydrogens (tertiary/aromatic N) is 2. The zero-order valence-electron chi connectivity index (χ0n) is 22.0. The van der Waals surface area contributed by atoms with Crippen LogP contribution in [-0.4, -0.2) is 63.5 Å². The molecule has 3 fully saturated rings. The first-order valence-electron chi connectivity index (χ1n) is 13.1. The number of phosphoric acid groups is 1. The highest BCUT2D eigenvalue weighted by Gasteiger charge is 2.81. The second-order valence-corrected chi connectivity index (χ2v) is 11.7. The molecule has 3 N–H and O–H groups in total. The molecule has 224 valence electrons. The molecule has 1 aromatic heterocycles. The Morgan fingerprint density at radius 3 is 2.76 bits per heavy atom. The second kappa shape index (κ2) is 11.5. The average Bonchev–Trinajstić information content (AvgIpc) is 3.46. The average molecular weight is 601 g/mol. The van der Waals surface area contributed by atoms with Crippen molar-refractivity contribution < 1.29 is 51.4 Å². The molecule has 0 radical (unpaired) electrons. The van der Waals surface area contributed by atoms with E-state index in [1.807, 2.05) is 6.92 Å². The summed E-state index contributed by atoms with van der Waals surface area (Å²) in [5.41, 5.74) is -4.34. The Bertz CT molecular complexity index is 1390. The van der Waals surface area contributed by atoms with Gasteiger partial charge < -0.3 is 19.7 Å². The third kappa shape index (κ3) is 5.93.